The summed E-state index contributed by atoms with van der Waals surface area (Å²) in [6.07, 6.45) is 1.77. The van der Waals surface area contributed by atoms with E-state index in [4.69, 9.17) is 5.41 Å². The van der Waals surface area contributed by atoms with Crippen LogP contribution < -0.4 is 0 Å². The second-order valence-electron chi connectivity index (χ2n) is 5.61. The molecule has 2 atom stereocenters. The molecule has 126 valence electrons. The summed E-state index contributed by atoms with van der Waals surface area (Å²) in [5.74, 6) is -0.257. The fraction of sp³-hybridized carbons (Fsp3) is 0.111. The molecule has 0 saturated carbocycles. The molecule has 0 bridgehead atoms. The zero-order valence-corrected chi connectivity index (χ0v) is 15.6. The SMILES string of the molecule is N#CC1=C2/C(=C/c3ccsc3)C(=N)C(C#N)N2C(=O)[C@@H](c2ccsc2)S1. The molecular formula is C18H10N4OS3. The van der Waals surface area contributed by atoms with Crippen LogP contribution in [0, 0.1) is 28.1 Å². The lowest BCUT2D eigenvalue weighted by atomic mass is 10.1. The number of nitrogens with zero attached hydrogens (tertiary/aromatic N) is 3. The monoisotopic (exact) mass is 394 g/mol. The molecule has 1 N–H and O–H groups in total. The maximum atomic E-state index is 13.1. The zero-order valence-electron chi connectivity index (χ0n) is 13.2. The van der Waals surface area contributed by atoms with Crippen molar-refractivity contribution < 1.29 is 4.79 Å². The van der Waals surface area contributed by atoms with Crippen LogP contribution in [-0.4, -0.2) is 22.6 Å². The van der Waals surface area contributed by atoms with Gasteiger partial charge in [-0.05, 0) is 50.9 Å². The fourth-order valence-electron chi connectivity index (χ4n) is 2.99. The van der Waals surface area contributed by atoms with E-state index in [-0.39, 0.29) is 11.6 Å². The van der Waals surface area contributed by atoms with Crippen LogP contribution in [0.15, 0.2) is 49.8 Å². The maximum absolute atomic E-state index is 13.1. The third-order valence-electron chi connectivity index (χ3n) is 4.15. The smallest absolute Gasteiger partial charge is 0.246 e. The molecule has 1 fully saturated rings. The van der Waals surface area contributed by atoms with Crippen LogP contribution in [0.25, 0.3) is 6.08 Å². The van der Waals surface area contributed by atoms with E-state index in [9.17, 15) is 15.3 Å². The van der Waals surface area contributed by atoms with Crippen molar-refractivity contribution in [3.05, 3.63) is 61.0 Å². The number of hydrogen-bond donors (Lipinski definition) is 1. The van der Waals surface area contributed by atoms with Gasteiger partial charge in [0.2, 0.25) is 5.91 Å². The molecule has 0 aliphatic carbocycles. The number of amides is 1. The summed E-state index contributed by atoms with van der Waals surface area (Å²) in [6.45, 7) is 0. The first kappa shape index (κ1) is 16.8. The first-order valence-corrected chi connectivity index (χ1v) is 10.3. The molecule has 1 saturated heterocycles. The minimum absolute atomic E-state index is 0.0568. The van der Waals surface area contributed by atoms with Gasteiger partial charge in [0.05, 0.1) is 17.5 Å². The van der Waals surface area contributed by atoms with E-state index in [1.54, 1.807) is 6.08 Å². The molecule has 2 aliphatic heterocycles. The van der Waals surface area contributed by atoms with E-state index in [1.165, 1.54) is 39.3 Å². The Balaban J connectivity index is 1.90. The Morgan fingerprint density at radius 3 is 2.58 bits per heavy atom. The van der Waals surface area contributed by atoms with E-state index in [0.717, 1.165) is 11.1 Å². The summed E-state index contributed by atoms with van der Waals surface area (Å²) >= 11 is 4.19. The minimum atomic E-state index is -1.01. The molecule has 1 unspecified atom stereocenters. The third-order valence-corrected chi connectivity index (χ3v) is 6.79. The molecule has 4 heterocycles. The van der Waals surface area contributed by atoms with Crippen LogP contribution in [0.4, 0.5) is 0 Å². The largest absolute Gasteiger partial charge is 0.301 e. The number of carbonyl (C=O) groups excluding carboxylic acids is 1. The van der Waals surface area contributed by atoms with Gasteiger partial charge in [-0.15, -0.1) is 0 Å². The standard InChI is InChI=1S/C18H10N4OS3/c19-6-13-15(21)12(5-10-1-3-24-8-10)16-14(7-20)26-17(18(23)22(13)16)11-2-4-25-9-11/h1-5,8-9,13,17,21H/b12-5+,21-15?/t13?,17-/m1/s1. The van der Waals surface area contributed by atoms with Gasteiger partial charge in [0.1, 0.15) is 16.2 Å². The third kappa shape index (κ3) is 2.51. The number of carbonyl (C=O) groups is 1. The van der Waals surface area contributed by atoms with Crippen molar-refractivity contribution >= 4 is 52.1 Å². The van der Waals surface area contributed by atoms with Gasteiger partial charge in [0.15, 0.2) is 6.04 Å². The highest BCUT2D eigenvalue weighted by Crippen LogP contribution is 2.49. The first-order chi connectivity index (χ1) is 12.7. The van der Waals surface area contributed by atoms with Gasteiger partial charge in [-0.2, -0.15) is 33.2 Å². The van der Waals surface area contributed by atoms with Gasteiger partial charge >= 0.3 is 0 Å². The zero-order chi connectivity index (χ0) is 18.3. The van der Waals surface area contributed by atoms with Crippen molar-refractivity contribution in [2.45, 2.75) is 11.3 Å². The van der Waals surface area contributed by atoms with E-state index in [1.807, 2.05) is 33.7 Å². The molecule has 5 nitrogen and oxygen atoms in total. The quantitative estimate of drug-likeness (QED) is 0.827. The Morgan fingerprint density at radius 1 is 1.19 bits per heavy atom. The highest BCUT2D eigenvalue weighted by atomic mass is 32.2. The number of hydrogen-bond acceptors (Lipinski definition) is 7. The summed E-state index contributed by atoms with van der Waals surface area (Å²) in [5.41, 5.74) is 2.61. The van der Waals surface area contributed by atoms with E-state index >= 15 is 0 Å². The van der Waals surface area contributed by atoms with Gasteiger partial charge in [0.25, 0.3) is 0 Å². The molecule has 4 rings (SSSR count). The second-order valence-corrected chi connectivity index (χ2v) is 8.29. The predicted octanol–water partition coefficient (Wildman–Crippen LogP) is 4.17. The van der Waals surface area contributed by atoms with Crippen LogP contribution >= 0.6 is 34.4 Å². The molecule has 2 aliphatic rings. The van der Waals surface area contributed by atoms with E-state index < -0.39 is 11.3 Å². The molecule has 2 aromatic rings. The fourth-order valence-corrected chi connectivity index (χ4v) is 5.48. The Kier molecular flexibility index (Phi) is 4.25. The molecule has 8 heteroatoms. The van der Waals surface area contributed by atoms with E-state index in [2.05, 4.69) is 12.1 Å². The lowest BCUT2D eigenvalue weighted by Crippen LogP contribution is -2.40. The lowest BCUT2D eigenvalue weighted by molar-refractivity contribution is -0.128. The van der Waals surface area contributed by atoms with Crippen molar-refractivity contribution in [1.82, 2.24) is 4.90 Å². The van der Waals surface area contributed by atoms with Crippen LogP contribution in [0.2, 0.25) is 0 Å². The Bertz CT molecular complexity index is 1040. The minimum Gasteiger partial charge on any atom is -0.301 e. The Labute approximate surface area is 162 Å². The number of allylic oxidation sites excluding steroid dienone is 2. The number of thioether (sulfide) groups is 1. The summed E-state index contributed by atoms with van der Waals surface area (Å²) < 4.78 is 0. The molecule has 0 spiro atoms. The average molecular weight is 395 g/mol. The number of thiophene rings is 2. The number of fused-ring (bicyclic) bond motifs is 1. The van der Waals surface area contributed by atoms with Crippen molar-refractivity contribution in [2.24, 2.45) is 0 Å². The molecule has 2 aromatic heterocycles. The summed E-state index contributed by atoms with van der Waals surface area (Å²) in [5, 5.41) is 34.7. The van der Waals surface area contributed by atoms with E-state index in [0.29, 0.717) is 16.2 Å². The number of nitriles is 2. The predicted molar refractivity (Wildman–Crippen MR) is 104 cm³/mol. The molecule has 26 heavy (non-hydrogen) atoms. The molecule has 0 aromatic carbocycles. The van der Waals surface area contributed by atoms with Crippen LogP contribution in [0.3, 0.4) is 0 Å². The van der Waals surface area contributed by atoms with Crippen molar-refractivity contribution in [1.29, 1.82) is 15.9 Å². The lowest BCUT2D eigenvalue weighted by Gasteiger charge is -2.30. The average Bonchev–Trinajstić information content (AvgIpc) is 3.38. The summed E-state index contributed by atoms with van der Waals surface area (Å²) in [4.78, 5) is 14.8. The Hall–Kier alpha value is -2.65. The van der Waals surface area contributed by atoms with Gasteiger partial charge in [0, 0.05) is 5.57 Å². The van der Waals surface area contributed by atoms with Crippen LogP contribution in [-0.2, 0) is 4.79 Å². The van der Waals surface area contributed by atoms with Crippen molar-refractivity contribution in [3.8, 4) is 12.1 Å². The number of rotatable bonds is 2. The normalized spacial score (nSPS) is 23.9. The maximum Gasteiger partial charge on any atom is 0.246 e. The Morgan fingerprint density at radius 2 is 1.96 bits per heavy atom. The van der Waals surface area contributed by atoms with Crippen molar-refractivity contribution in [3.63, 3.8) is 0 Å². The first-order valence-electron chi connectivity index (χ1n) is 7.54. The summed E-state index contributed by atoms with van der Waals surface area (Å²) in [6, 6.07) is 6.97. The number of nitrogens with one attached hydrogen (secondary N) is 1. The van der Waals surface area contributed by atoms with Gasteiger partial charge in [-0.1, -0.05) is 11.8 Å². The summed E-state index contributed by atoms with van der Waals surface area (Å²) in [7, 11) is 0. The topological polar surface area (TPSA) is 91.7 Å². The van der Waals surface area contributed by atoms with Crippen LogP contribution in [0.5, 0.6) is 0 Å². The second kappa shape index (κ2) is 6.58. The van der Waals surface area contributed by atoms with Gasteiger partial charge in [-0.25, -0.2) is 0 Å². The van der Waals surface area contributed by atoms with Gasteiger partial charge in [-0.3, -0.25) is 9.69 Å². The van der Waals surface area contributed by atoms with Crippen molar-refractivity contribution in [2.75, 3.05) is 0 Å². The van der Waals surface area contributed by atoms with Crippen LogP contribution in [0.1, 0.15) is 16.4 Å². The molecule has 1 amide bonds. The molecular weight excluding hydrogens is 384 g/mol. The van der Waals surface area contributed by atoms with Gasteiger partial charge < -0.3 is 5.41 Å². The highest BCUT2D eigenvalue weighted by molar-refractivity contribution is 8.04. The molecule has 0 radical (unpaired) electrons. The highest BCUT2D eigenvalue weighted by Gasteiger charge is 2.48.